The molecule has 0 aromatic rings. The predicted molar refractivity (Wildman–Crippen MR) is 113 cm³/mol. The van der Waals surface area contributed by atoms with Crippen molar-refractivity contribution in [3.63, 3.8) is 0 Å². The minimum atomic E-state index is -1.63. The third kappa shape index (κ3) is 17.9. The molecule has 2 unspecified atom stereocenters. The largest absolute Gasteiger partial charge is 0.393 e. The molecule has 2 amide bonds. The Morgan fingerprint density at radius 3 is 2.31 bits per heavy atom. The Bertz CT molecular complexity index is 473. The molecule has 11 N–H and O–H groups in total. The SMILES string of the molecule is NCCCNCCCCNC(=O)C(O)NC(=O)CC(O)CCCCCN=C(N)N. The van der Waals surface area contributed by atoms with Crippen LogP contribution in [0.1, 0.15) is 51.4 Å². The number of carbonyl (C=O) groups excluding carboxylic acids is 2. The van der Waals surface area contributed by atoms with E-state index in [2.05, 4.69) is 20.9 Å². The Labute approximate surface area is 172 Å². The van der Waals surface area contributed by atoms with Crippen LogP contribution in [0, 0.1) is 0 Å². The van der Waals surface area contributed by atoms with Gasteiger partial charge in [0.2, 0.25) is 12.1 Å². The van der Waals surface area contributed by atoms with E-state index in [1.54, 1.807) is 0 Å². The second kappa shape index (κ2) is 18.1. The molecule has 29 heavy (non-hydrogen) atoms. The molecule has 11 heteroatoms. The number of rotatable bonds is 18. The van der Waals surface area contributed by atoms with Crippen molar-refractivity contribution < 1.29 is 19.8 Å². The average Bonchev–Trinajstić information content (AvgIpc) is 2.66. The van der Waals surface area contributed by atoms with Crippen LogP contribution in [-0.4, -0.2) is 73.0 Å². The molecular weight excluding hydrogens is 378 g/mol. The third-order valence-corrected chi connectivity index (χ3v) is 4.09. The van der Waals surface area contributed by atoms with E-state index in [0.717, 1.165) is 51.6 Å². The van der Waals surface area contributed by atoms with E-state index < -0.39 is 24.1 Å². The highest BCUT2D eigenvalue weighted by Crippen LogP contribution is 2.07. The minimum Gasteiger partial charge on any atom is -0.393 e. The lowest BCUT2D eigenvalue weighted by atomic mass is 10.1. The van der Waals surface area contributed by atoms with E-state index in [0.29, 0.717) is 26.1 Å². The van der Waals surface area contributed by atoms with Crippen molar-refractivity contribution in [1.29, 1.82) is 0 Å². The molecule has 0 aromatic carbocycles. The van der Waals surface area contributed by atoms with Gasteiger partial charge in [0.1, 0.15) is 0 Å². The second-order valence-electron chi connectivity index (χ2n) is 6.87. The fraction of sp³-hybridized carbons (Fsp3) is 0.833. The maximum absolute atomic E-state index is 11.8. The Hall–Kier alpha value is -1.95. The zero-order valence-electron chi connectivity index (χ0n) is 17.2. The number of hydrogen-bond donors (Lipinski definition) is 8. The number of nitrogens with two attached hydrogens (primary N) is 3. The van der Waals surface area contributed by atoms with E-state index >= 15 is 0 Å². The number of hydrogen-bond acceptors (Lipinski definition) is 7. The molecule has 0 rings (SSSR count). The van der Waals surface area contributed by atoms with Gasteiger partial charge in [-0.1, -0.05) is 12.8 Å². The Balaban J connectivity index is 3.74. The van der Waals surface area contributed by atoms with Gasteiger partial charge in [-0.15, -0.1) is 0 Å². The number of nitrogens with zero attached hydrogens (tertiary/aromatic N) is 1. The quantitative estimate of drug-likeness (QED) is 0.0533. The summed E-state index contributed by atoms with van der Waals surface area (Å²) in [5.74, 6) is -1.19. The molecule has 0 spiro atoms. The molecule has 0 saturated carbocycles. The number of aliphatic imine (C=N–C) groups is 1. The molecule has 0 aromatic heterocycles. The third-order valence-electron chi connectivity index (χ3n) is 4.09. The van der Waals surface area contributed by atoms with Crippen molar-refractivity contribution in [3.8, 4) is 0 Å². The van der Waals surface area contributed by atoms with Gasteiger partial charge in [0.15, 0.2) is 5.96 Å². The summed E-state index contributed by atoms with van der Waals surface area (Å²) in [6.07, 6.45) is 2.70. The number of guanidine groups is 1. The number of aliphatic hydroxyl groups is 2. The molecule has 0 radical (unpaired) electrons. The average molecular weight is 418 g/mol. The van der Waals surface area contributed by atoms with E-state index in [4.69, 9.17) is 17.2 Å². The molecule has 0 aliphatic heterocycles. The minimum absolute atomic E-state index is 0.0552. The van der Waals surface area contributed by atoms with Crippen molar-refractivity contribution in [2.75, 3.05) is 32.7 Å². The van der Waals surface area contributed by atoms with Crippen LogP contribution in [0.3, 0.4) is 0 Å². The van der Waals surface area contributed by atoms with Crippen LogP contribution in [0.4, 0.5) is 0 Å². The summed E-state index contributed by atoms with van der Waals surface area (Å²) in [6, 6.07) is 0. The van der Waals surface area contributed by atoms with Crippen molar-refractivity contribution in [3.05, 3.63) is 0 Å². The molecule has 170 valence electrons. The topological polar surface area (TPSA) is 201 Å². The molecule has 0 heterocycles. The van der Waals surface area contributed by atoms with Crippen LogP contribution in [0.5, 0.6) is 0 Å². The molecule has 0 aliphatic carbocycles. The number of unbranched alkanes of at least 4 members (excludes halogenated alkanes) is 3. The van der Waals surface area contributed by atoms with Crippen LogP contribution < -0.4 is 33.2 Å². The first-order valence-electron chi connectivity index (χ1n) is 10.3. The number of carbonyl (C=O) groups is 2. The van der Waals surface area contributed by atoms with Gasteiger partial charge < -0.3 is 43.4 Å². The van der Waals surface area contributed by atoms with E-state index in [1.807, 2.05) is 0 Å². The smallest absolute Gasteiger partial charge is 0.269 e. The molecule has 0 bridgehead atoms. The van der Waals surface area contributed by atoms with Gasteiger partial charge in [0.25, 0.3) is 5.91 Å². The predicted octanol–water partition coefficient (Wildman–Crippen LogP) is -2.16. The van der Waals surface area contributed by atoms with Gasteiger partial charge in [-0.05, 0) is 51.7 Å². The van der Waals surface area contributed by atoms with Crippen molar-refractivity contribution in [2.45, 2.75) is 63.7 Å². The zero-order chi connectivity index (χ0) is 21.9. The first kappa shape index (κ1) is 27.0. The lowest BCUT2D eigenvalue weighted by molar-refractivity contribution is -0.137. The maximum atomic E-state index is 11.8. The molecule has 0 aliphatic rings. The first-order valence-corrected chi connectivity index (χ1v) is 10.3. The van der Waals surface area contributed by atoms with E-state index in [-0.39, 0.29) is 12.4 Å². The second-order valence-corrected chi connectivity index (χ2v) is 6.87. The Morgan fingerprint density at radius 1 is 0.931 bits per heavy atom. The fourth-order valence-corrected chi connectivity index (χ4v) is 2.51. The molecule has 2 atom stereocenters. The molecule has 0 saturated heterocycles. The van der Waals surface area contributed by atoms with Crippen LogP contribution >= 0.6 is 0 Å². The summed E-state index contributed by atoms with van der Waals surface area (Å²) in [4.78, 5) is 27.4. The lowest BCUT2D eigenvalue weighted by Gasteiger charge is -2.15. The summed E-state index contributed by atoms with van der Waals surface area (Å²) in [6.45, 7) is 3.31. The van der Waals surface area contributed by atoms with Crippen LogP contribution in [-0.2, 0) is 9.59 Å². The van der Waals surface area contributed by atoms with E-state index in [9.17, 15) is 19.8 Å². The fourth-order valence-electron chi connectivity index (χ4n) is 2.51. The van der Waals surface area contributed by atoms with E-state index in [1.165, 1.54) is 0 Å². The summed E-state index contributed by atoms with van der Waals surface area (Å²) in [5, 5.41) is 27.6. The number of amides is 2. The van der Waals surface area contributed by atoms with Crippen LogP contribution in [0.25, 0.3) is 0 Å². The lowest BCUT2D eigenvalue weighted by Crippen LogP contribution is -2.47. The van der Waals surface area contributed by atoms with Gasteiger partial charge in [-0.3, -0.25) is 14.6 Å². The maximum Gasteiger partial charge on any atom is 0.269 e. The Kier molecular flexibility index (Phi) is 16.9. The monoisotopic (exact) mass is 417 g/mol. The zero-order valence-corrected chi connectivity index (χ0v) is 17.2. The van der Waals surface area contributed by atoms with Gasteiger partial charge >= 0.3 is 0 Å². The van der Waals surface area contributed by atoms with Crippen LogP contribution in [0.15, 0.2) is 4.99 Å². The Morgan fingerprint density at radius 2 is 1.62 bits per heavy atom. The highest BCUT2D eigenvalue weighted by Gasteiger charge is 2.18. The molecular formula is C18H39N7O4. The van der Waals surface area contributed by atoms with Gasteiger partial charge in [0.05, 0.1) is 12.5 Å². The van der Waals surface area contributed by atoms with Gasteiger partial charge in [-0.25, -0.2) is 0 Å². The normalized spacial score (nSPS) is 12.8. The molecule has 11 nitrogen and oxygen atoms in total. The summed E-state index contributed by atoms with van der Waals surface area (Å²) in [7, 11) is 0. The highest BCUT2D eigenvalue weighted by atomic mass is 16.3. The van der Waals surface area contributed by atoms with Gasteiger partial charge in [0, 0.05) is 13.1 Å². The summed E-state index contributed by atoms with van der Waals surface area (Å²) in [5.41, 5.74) is 15.8. The first-order chi connectivity index (χ1) is 13.9. The summed E-state index contributed by atoms with van der Waals surface area (Å²) < 4.78 is 0. The van der Waals surface area contributed by atoms with Gasteiger partial charge in [-0.2, -0.15) is 0 Å². The van der Waals surface area contributed by atoms with Crippen molar-refractivity contribution >= 4 is 17.8 Å². The number of nitrogens with one attached hydrogen (secondary N) is 3. The highest BCUT2D eigenvalue weighted by molar-refractivity contribution is 5.86. The number of aliphatic hydroxyl groups excluding tert-OH is 2. The molecule has 0 fully saturated rings. The summed E-state index contributed by atoms with van der Waals surface area (Å²) >= 11 is 0. The van der Waals surface area contributed by atoms with Crippen molar-refractivity contribution in [1.82, 2.24) is 16.0 Å². The van der Waals surface area contributed by atoms with Crippen LogP contribution in [0.2, 0.25) is 0 Å². The van der Waals surface area contributed by atoms with Crippen molar-refractivity contribution in [2.24, 2.45) is 22.2 Å². The standard InChI is InChI=1S/C18H39N7O4/c19-8-6-10-22-9-4-5-11-23-16(28)17(29)25-15(27)13-14(26)7-2-1-3-12-24-18(20)21/h14,17,22,26,29H,1-13,19H2,(H,23,28)(H,25,27)(H4,20,21,24).